The van der Waals surface area contributed by atoms with E-state index in [0.717, 1.165) is 32.0 Å². The number of rotatable bonds is 6. The second-order valence-electron chi connectivity index (χ2n) is 5.63. The van der Waals surface area contributed by atoms with Crippen molar-refractivity contribution in [3.05, 3.63) is 35.9 Å². The summed E-state index contributed by atoms with van der Waals surface area (Å²) >= 11 is 0. The summed E-state index contributed by atoms with van der Waals surface area (Å²) in [6.07, 6.45) is 3.68. The number of guanidine groups is 1. The van der Waals surface area contributed by atoms with E-state index in [4.69, 9.17) is 0 Å². The van der Waals surface area contributed by atoms with E-state index in [1.54, 1.807) is 0 Å². The molecule has 0 radical (unpaired) electrons. The number of hydrogen-bond donors (Lipinski definition) is 2. The van der Waals surface area contributed by atoms with Crippen molar-refractivity contribution in [1.82, 2.24) is 15.5 Å². The standard InChI is InChI=1S/C17H28N4/c1-3-11-19-17(18-2)20-13-16-10-7-12-21(16)14-15-8-5-4-6-9-15/h4-6,8-9,16H,3,7,10-14H2,1-2H3,(H2,18,19,20). The molecule has 1 aliphatic heterocycles. The van der Waals surface area contributed by atoms with E-state index in [1.165, 1.54) is 24.9 Å². The summed E-state index contributed by atoms with van der Waals surface area (Å²) < 4.78 is 0. The van der Waals surface area contributed by atoms with E-state index >= 15 is 0 Å². The van der Waals surface area contributed by atoms with Gasteiger partial charge in [-0.1, -0.05) is 37.3 Å². The van der Waals surface area contributed by atoms with E-state index in [-0.39, 0.29) is 0 Å². The minimum Gasteiger partial charge on any atom is -0.356 e. The molecule has 4 nitrogen and oxygen atoms in total. The molecule has 0 aromatic heterocycles. The van der Waals surface area contributed by atoms with Crippen LogP contribution in [0.5, 0.6) is 0 Å². The smallest absolute Gasteiger partial charge is 0.191 e. The highest BCUT2D eigenvalue weighted by Crippen LogP contribution is 2.19. The third-order valence-electron chi connectivity index (χ3n) is 4.00. The van der Waals surface area contributed by atoms with Gasteiger partial charge in [-0.2, -0.15) is 0 Å². The zero-order chi connectivity index (χ0) is 14.9. The van der Waals surface area contributed by atoms with Crippen LogP contribution in [0.3, 0.4) is 0 Å². The van der Waals surface area contributed by atoms with Gasteiger partial charge in [0.15, 0.2) is 5.96 Å². The lowest BCUT2D eigenvalue weighted by Crippen LogP contribution is -2.44. The van der Waals surface area contributed by atoms with E-state index in [0.29, 0.717) is 6.04 Å². The van der Waals surface area contributed by atoms with Crippen molar-refractivity contribution in [2.75, 3.05) is 26.7 Å². The van der Waals surface area contributed by atoms with E-state index < -0.39 is 0 Å². The van der Waals surface area contributed by atoms with Crippen LogP contribution >= 0.6 is 0 Å². The van der Waals surface area contributed by atoms with E-state index in [1.807, 2.05) is 7.05 Å². The van der Waals surface area contributed by atoms with Gasteiger partial charge in [-0.05, 0) is 31.4 Å². The molecule has 1 fully saturated rings. The van der Waals surface area contributed by atoms with Crippen molar-refractivity contribution in [3.8, 4) is 0 Å². The molecule has 1 aromatic carbocycles. The Morgan fingerprint density at radius 2 is 2.10 bits per heavy atom. The molecule has 1 atom stereocenters. The minimum absolute atomic E-state index is 0.602. The Labute approximate surface area is 128 Å². The third kappa shape index (κ3) is 5.05. The van der Waals surface area contributed by atoms with Crippen LogP contribution in [0.4, 0.5) is 0 Å². The third-order valence-corrected chi connectivity index (χ3v) is 4.00. The molecule has 1 unspecified atom stereocenters. The van der Waals surface area contributed by atoms with Crippen molar-refractivity contribution in [2.24, 2.45) is 4.99 Å². The van der Waals surface area contributed by atoms with Gasteiger partial charge in [0.2, 0.25) is 0 Å². The fourth-order valence-electron chi connectivity index (χ4n) is 2.83. The molecule has 1 saturated heterocycles. The topological polar surface area (TPSA) is 39.7 Å². The minimum atomic E-state index is 0.602. The van der Waals surface area contributed by atoms with Crippen molar-refractivity contribution in [2.45, 2.75) is 38.8 Å². The predicted octanol–water partition coefficient (Wildman–Crippen LogP) is 2.23. The fourth-order valence-corrected chi connectivity index (χ4v) is 2.83. The molecular formula is C17H28N4. The number of nitrogens with zero attached hydrogens (tertiary/aromatic N) is 2. The van der Waals surface area contributed by atoms with E-state index in [9.17, 15) is 0 Å². The normalized spacial score (nSPS) is 19.7. The molecule has 4 heteroatoms. The average molecular weight is 288 g/mol. The van der Waals surface area contributed by atoms with Crippen LogP contribution in [0.25, 0.3) is 0 Å². The molecule has 0 amide bonds. The fraction of sp³-hybridized carbons (Fsp3) is 0.588. The molecule has 0 saturated carbocycles. The number of aliphatic imine (C=N–C) groups is 1. The molecule has 0 bridgehead atoms. The van der Waals surface area contributed by atoms with Crippen LogP contribution in [0.15, 0.2) is 35.3 Å². The van der Waals surface area contributed by atoms with E-state index in [2.05, 4.69) is 57.8 Å². The summed E-state index contributed by atoms with van der Waals surface area (Å²) in [5.74, 6) is 0.920. The van der Waals surface area contributed by atoms with Gasteiger partial charge in [-0.25, -0.2) is 0 Å². The average Bonchev–Trinajstić information content (AvgIpc) is 2.96. The summed E-state index contributed by atoms with van der Waals surface area (Å²) in [6.45, 7) is 6.35. The van der Waals surface area contributed by atoms with Gasteiger partial charge in [0.25, 0.3) is 0 Å². The van der Waals surface area contributed by atoms with Gasteiger partial charge >= 0.3 is 0 Å². The Morgan fingerprint density at radius 3 is 2.81 bits per heavy atom. The van der Waals surface area contributed by atoms with Crippen LogP contribution in [0.1, 0.15) is 31.7 Å². The molecule has 21 heavy (non-hydrogen) atoms. The highest BCUT2D eigenvalue weighted by atomic mass is 15.2. The van der Waals surface area contributed by atoms with Gasteiger partial charge in [-0.15, -0.1) is 0 Å². The van der Waals surface area contributed by atoms with Crippen molar-refractivity contribution < 1.29 is 0 Å². The molecule has 116 valence electrons. The van der Waals surface area contributed by atoms with Gasteiger partial charge in [0, 0.05) is 32.7 Å². The predicted molar refractivity (Wildman–Crippen MR) is 89.5 cm³/mol. The van der Waals surface area contributed by atoms with Gasteiger partial charge in [0.05, 0.1) is 0 Å². The summed E-state index contributed by atoms with van der Waals surface area (Å²) in [4.78, 5) is 6.85. The summed E-state index contributed by atoms with van der Waals surface area (Å²) in [5, 5.41) is 6.79. The van der Waals surface area contributed by atoms with Gasteiger partial charge in [-0.3, -0.25) is 9.89 Å². The Hall–Kier alpha value is -1.55. The Balaban J connectivity index is 1.81. The number of hydrogen-bond acceptors (Lipinski definition) is 2. The second-order valence-corrected chi connectivity index (χ2v) is 5.63. The molecule has 1 heterocycles. The molecule has 2 N–H and O–H groups in total. The van der Waals surface area contributed by atoms with Crippen molar-refractivity contribution >= 4 is 5.96 Å². The quantitative estimate of drug-likeness (QED) is 0.623. The molecule has 0 aliphatic carbocycles. The van der Waals surface area contributed by atoms with Crippen LogP contribution < -0.4 is 10.6 Å². The maximum Gasteiger partial charge on any atom is 0.191 e. The highest BCUT2D eigenvalue weighted by Gasteiger charge is 2.24. The second kappa shape index (κ2) is 8.67. The molecular weight excluding hydrogens is 260 g/mol. The van der Waals surface area contributed by atoms with Crippen LogP contribution in [-0.2, 0) is 6.54 Å². The summed E-state index contributed by atoms with van der Waals surface area (Å²) in [5.41, 5.74) is 1.40. The number of benzene rings is 1. The summed E-state index contributed by atoms with van der Waals surface area (Å²) in [6, 6.07) is 11.3. The largest absolute Gasteiger partial charge is 0.356 e. The zero-order valence-electron chi connectivity index (χ0n) is 13.3. The van der Waals surface area contributed by atoms with Gasteiger partial charge in [0.1, 0.15) is 0 Å². The lowest BCUT2D eigenvalue weighted by molar-refractivity contribution is 0.245. The maximum absolute atomic E-state index is 4.27. The lowest BCUT2D eigenvalue weighted by Gasteiger charge is -2.25. The lowest BCUT2D eigenvalue weighted by atomic mass is 10.2. The summed E-state index contributed by atoms with van der Waals surface area (Å²) in [7, 11) is 1.83. The molecule has 1 aliphatic rings. The van der Waals surface area contributed by atoms with Crippen molar-refractivity contribution in [3.63, 3.8) is 0 Å². The monoisotopic (exact) mass is 288 g/mol. The maximum atomic E-state index is 4.27. The zero-order valence-corrected chi connectivity index (χ0v) is 13.3. The first-order chi connectivity index (χ1) is 10.3. The molecule has 0 spiro atoms. The molecule has 1 aromatic rings. The van der Waals surface area contributed by atoms with Crippen molar-refractivity contribution in [1.29, 1.82) is 0 Å². The molecule has 2 rings (SSSR count). The Morgan fingerprint density at radius 1 is 1.29 bits per heavy atom. The number of nitrogens with one attached hydrogen (secondary N) is 2. The Kier molecular flexibility index (Phi) is 6.54. The van der Waals surface area contributed by atoms with Crippen LogP contribution in [0, 0.1) is 0 Å². The first-order valence-corrected chi connectivity index (χ1v) is 8.06. The first-order valence-electron chi connectivity index (χ1n) is 8.06. The number of likely N-dealkylation sites (tertiary alicyclic amines) is 1. The highest BCUT2D eigenvalue weighted by molar-refractivity contribution is 5.79. The first kappa shape index (κ1) is 15.8. The van der Waals surface area contributed by atoms with Crippen LogP contribution in [0.2, 0.25) is 0 Å². The van der Waals surface area contributed by atoms with Crippen LogP contribution in [-0.4, -0.2) is 43.6 Å². The van der Waals surface area contributed by atoms with Gasteiger partial charge < -0.3 is 10.6 Å². The Bertz CT molecular complexity index is 430. The SMILES string of the molecule is CCCNC(=NC)NCC1CCCN1Cc1ccccc1.